The topological polar surface area (TPSA) is 492 Å². The van der Waals surface area contributed by atoms with Crippen molar-refractivity contribution >= 4 is 71.0 Å². The highest BCUT2D eigenvalue weighted by atomic mass is 16.4. The minimum Gasteiger partial charge on any atom is -0.481 e. The van der Waals surface area contributed by atoms with Crippen LogP contribution in [0.1, 0.15) is 111 Å². The maximum absolute atomic E-state index is 14.0. The average molecular weight is 1110 g/mol. The summed E-state index contributed by atoms with van der Waals surface area (Å²) in [6, 6.07) is -14.4. The Morgan fingerprint density at radius 2 is 1.27 bits per heavy atom. The molecule has 19 N–H and O–H groups in total. The number of unbranched alkanes of at least 4 members (excludes halogenated alkanes) is 1. The van der Waals surface area contributed by atoms with Crippen LogP contribution < -0.4 is 59.7 Å². The fraction of sp³-hybridized carbons (Fsp3) is 0.688. The number of aromatic amines is 1. The van der Waals surface area contributed by atoms with Crippen LogP contribution in [0.3, 0.4) is 0 Å². The van der Waals surface area contributed by atoms with Gasteiger partial charge < -0.3 is 90.0 Å². The summed E-state index contributed by atoms with van der Waals surface area (Å²) >= 11 is 0. The number of hydrogen-bond acceptors (Lipinski definition) is 17. The summed E-state index contributed by atoms with van der Waals surface area (Å²) < 4.78 is 0. The Kier molecular flexibility index (Phi) is 28.3. The summed E-state index contributed by atoms with van der Waals surface area (Å²) in [5.74, 6) is -12.9. The fourth-order valence-electron chi connectivity index (χ4n) is 8.11. The van der Waals surface area contributed by atoms with Crippen molar-refractivity contribution in [3.05, 3.63) is 18.2 Å². The van der Waals surface area contributed by atoms with Gasteiger partial charge >= 0.3 is 11.9 Å². The first kappa shape index (κ1) is 66.8. The maximum atomic E-state index is 14.0. The molecule has 1 fully saturated rings. The molecule has 0 unspecified atom stereocenters. The second-order valence-electron chi connectivity index (χ2n) is 19.6. The van der Waals surface area contributed by atoms with E-state index in [4.69, 9.17) is 22.3 Å². The first-order chi connectivity index (χ1) is 36.7. The van der Waals surface area contributed by atoms with Crippen LogP contribution >= 0.6 is 0 Å². The smallest absolute Gasteiger partial charge is 0.326 e. The molecule has 10 amide bonds. The third kappa shape index (κ3) is 21.6. The lowest BCUT2D eigenvalue weighted by molar-refractivity contribution is -0.144. The van der Waals surface area contributed by atoms with Crippen LogP contribution in [0.15, 0.2) is 12.5 Å². The Balaban J connectivity index is 2.28. The van der Waals surface area contributed by atoms with Crippen LogP contribution in [0.4, 0.5) is 0 Å². The molecule has 0 saturated carbocycles. The van der Waals surface area contributed by atoms with Gasteiger partial charge in [0.2, 0.25) is 59.1 Å². The number of rotatable bonds is 35. The number of nitrogens with one attached hydrogen (secondary N) is 9. The zero-order valence-electron chi connectivity index (χ0n) is 44.9. The van der Waals surface area contributed by atoms with E-state index >= 15 is 0 Å². The van der Waals surface area contributed by atoms with Gasteiger partial charge in [-0.05, 0) is 77.2 Å². The number of nitrogens with two attached hydrogens (primary N) is 3. The van der Waals surface area contributed by atoms with Gasteiger partial charge in [0.05, 0.1) is 25.1 Å². The molecule has 2 rings (SSSR count). The van der Waals surface area contributed by atoms with E-state index in [0.717, 1.165) is 6.92 Å². The van der Waals surface area contributed by atoms with Gasteiger partial charge in [-0.25, -0.2) is 9.78 Å². The molecular formula is C48H80N14O16. The van der Waals surface area contributed by atoms with Gasteiger partial charge in [0.25, 0.3) is 0 Å². The van der Waals surface area contributed by atoms with Gasteiger partial charge in [0, 0.05) is 37.7 Å². The Labute approximate surface area is 451 Å². The third-order valence-corrected chi connectivity index (χ3v) is 13.0. The molecule has 438 valence electrons. The number of likely N-dealkylation sites (tertiary alicyclic amines) is 1. The molecule has 1 aromatic heterocycles. The average Bonchev–Trinajstić information content (AvgIpc) is 4.10. The number of hydrogen-bond donors (Lipinski definition) is 16. The van der Waals surface area contributed by atoms with E-state index in [1.807, 2.05) is 0 Å². The first-order valence-electron chi connectivity index (χ1n) is 25.9. The number of aliphatic carboxylic acids is 2. The molecule has 0 radical (unpaired) electrons. The highest BCUT2D eigenvalue weighted by Gasteiger charge is 2.40. The summed E-state index contributed by atoms with van der Waals surface area (Å²) in [7, 11) is 0. The molecule has 1 saturated heterocycles. The van der Waals surface area contributed by atoms with Crippen molar-refractivity contribution < 1.29 is 78.0 Å². The number of primary amides is 1. The molecular weight excluding hydrogens is 1030 g/mol. The van der Waals surface area contributed by atoms with Crippen molar-refractivity contribution in [2.24, 2.45) is 29.0 Å². The summed E-state index contributed by atoms with van der Waals surface area (Å²) in [4.78, 5) is 165. The number of carbonyl (C=O) groups excluding carboxylic acids is 10. The second-order valence-corrected chi connectivity index (χ2v) is 19.6. The van der Waals surface area contributed by atoms with Crippen LogP contribution in [0, 0.1) is 11.8 Å². The zero-order valence-corrected chi connectivity index (χ0v) is 44.9. The number of aromatic nitrogens is 2. The molecule has 1 aromatic rings. The number of amides is 10. The van der Waals surface area contributed by atoms with E-state index in [1.54, 1.807) is 27.7 Å². The minimum absolute atomic E-state index is 0.125. The predicted octanol–water partition coefficient (Wildman–Crippen LogP) is -5.41. The molecule has 1 aliphatic heterocycles. The predicted molar refractivity (Wildman–Crippen MR) is 275 cm³/mol. The normalized spacial score (nSPS) is 17.4. The lowest BCUT2D eigenvalue weighted by atomic mass is 9.97. The summed E-state index contributed by atoms with van der Waals surface area (Å²) in [6.07, 6.45) is 0.881. The van der Waals surface area contributed by atoms with Crippen LogP contribution in [0.2, 0.25) is 0 Å². The Bertz CT molecular complexity index is 2230. The highest BCUT2D eigenvalue weighted by molar-refractivity contribution is 5.99. The van der Waals surface area contributed by atoms with E-state index in [1.165, 1.54) is 24.3 Å². The van der Waals surface area contributed by atoms with E-state index < -0.39 is 169 Å². The Hall–Kier alpha value is -7.31. The second kappa shape index (κ2) is 33.1. The van der Waals surface area contributed by atoms with E-state index in [2.05, 4.69) is 52.5 Å². The van der Waals surface area contributed by atoms with Crippen molar-refractivity contribution in [1.29, 1.82) is 0 Å². The number of nitrogens with zero attached hydrogens (tertiary/aromatic N) is 2. The first-order valence-corrected chi connectivity index (χ1v) is 25.9. The molecule has 30 nitrogen and oxygen atoms in total. The lowest BCUT2D eigenvalue weighted by Gasteiger charge is -2.29. The third-order valence-electron chi connectivity index (χ3n) is 13.0. The SMILES string of the molecule is CC[C@H](C)[C@H](NC(=O)[C@@H](NC(=O)[C@H](CO)NC(=O)[C@H](CCC(N)=O)NC(=O)[C@H](CCCCN)NC(=O)[C@@H](NC(=O)[C@H](C)NC(=O)[C@H](Cc1cnc[nH]1)NC(=O)[C@@H]1CCCN1C(=O)[C@@H](N)CCC(=O)O)[C@@H](C)O)C(C)C)C(=O)O. The summed E-state index contributed by atoms with van der Waals surface area (Å²) in [5, 5.41) is 59.0. The number of aliphatic hydroxyl groups is 2. The minimum atomic E-state index is -1.78. The van der Waals surface area contributed by atoms with Crippen molar-refractivity contribution in [2.45, 2.75) is 179 Å². The molecule has 1 aliphatic rings. The molecule has 30 heteroatoms. The molecule has 2 heterocycles. The van der Waals surface area contributed by atoms with Gasteiger partial charge in [-0.3, -0.25) is 52.7 Å². The summed E-state index contributed by atoms with van der Waals surface area (Å²) in [6.45, 7) is 8.14. The number of carboxylic acid groups (broad SMARTS) is 2. The van der Waals surface area contributed by atoms with E-state index in [9.17, 15) is 72.9 Å². The Morgan fingerprint density at radius 3 is 1.81 bits per heavy atom. The highest BCUT2D eigenvalue weighted by Crippen LogP contribution is 2.20. The molecule has 78 heavy (non-hydrogen) atoms. The maximum Gasteiger partial charge on any atom is 0.326 e. The van der Waals surface area contributed by atoms with E-state index in [-0.39, 0.29) is 51.6 Å². The van der Waals surface area contributed by atoms with Crippen LogP contribution in [-0.4, -0.2) is 193 Å². The molecule has 0 aliphatic carbocycles. The van der Waals surface area contributed by atoms with Gasteiger partial charge in [-0.2, -0.15) is 0 Å². The van der Waals surface area contributed by atoms with Gasteiger partial charge in [-0.1, -0.05) is 34.1 Å². The van der Waals surface area contributed by atoms with Gasteiger partial charge in [0.1, 0.15) is 54.4 Å². The molecule has 0 bridgehead atoms. The number of carbonyl (C=O) groups is 12. The quantitative estimate of drug-likeness (QED) is 0.0282. The monoisotopic (exact) mass is 1110 g/mol. The number of carboxylic acids is 2. The number of imidazole rings is 1. The number of H-pyrrole nitrogens is 1. The zero-order chi connectivity index (χ0) is 59.0. The van der Waals surface area contributed by atoms with E-state index in [0.29, 0.717) is 25.0 Å². The lowest BCUT2D eigenvalue weighted by Crippen LogP contribution is -2.62. The van der Waals surface area contributed by atoms with Crippen molar-refractivity contribution in [3.8, 4) is 0 Å². The van der Waals surface area contributed by atoms with Gasteiger partial charge in [0.15, 0.2) is 0 Å². The molecule has 12 atom stereocenters. The molecule has 0 aromatic carbocycles. The number of aliphatic hydroxyl groups excluding tert-OH is 2. The van der Waals surface area contributed by atoms with Crippen molar-refractivity contribution in [1.82, 2.24) is 57.4 Å². The largest absolute Gasteiger partial charge is 0.481 e. The standard InChI is InChI=1S/C48H80N14O16/c1-7-24(4)37(48(77)78)60-45(74)36(23(2)3)59-43(72)32(21-63)58-41(70)30(14-15-34(51)65)55-40(69)29(11-8-9-17-49)56-46(75)38(26(6)64)61-39(68)25(5)54-42(71)31(19-27-20-52-22-53-27)57-44(73)33-12-10-18-62(33)47(76)28(50)13-16-35(66)67/h20,22-26,28-33,36-38,63-64H,7-19,21,49-50H2,1-6H3,(H2,51,65)(H,52,53)(H,54,71)(H,55,69)(H,56,75)(H,57,73)(H,58,70)(H,59,72)(H,60,74)(H,61,68)(H,66,67)(H,77,78)/t24-,25-,26+,28-,29-,30-,31-,32-,33-,36-,37-,38-/m0/s1. The van der Waals surface area contributed by atoms with Crippen molar-refractivity contribution in [2.75, 3.05) is 19.7 Å². The van der Waals surface area contributed by atoms with Gasteiger partial charge in [-0.15, -0.1) is 0 Å². The fourth-order valence-corrected chi connectivity index (χ4v) is 8.11. The Morgan fingerprint density at radius 1 is 0.705 bits per heavy atom. The van der Waals surface area contributed by atoms with Crippen molar-refractivity contribution in [3.63, 3.8) is 0 Å². The van der Waals surface area contributed by atoms with Crippen LogP contribution in [0.25, 0.3) is 0 Å². The van der Waals surface area contributed by atoms with Crippen LogP contribution in [-0.2, 0) is 64.0 Å². The van der Waals surface area contributed by atoms with Crippen LogP contribution in [0.5, 0.6) is 0 Å². The summed E-state index contributed by atoms with van der Waals surface area (Å²) in [5.41, 5.74) is 17.4. The molecule has 0 spiro atoms.